The number of hydrogen-bond donors (Lipinski definition) is 1. The Morgan fingerprint density at radius 3 is 2.86 bits per heavy atom. The predicted octanol–water partition coefficient (Wildman–Crippen LogP) is 1.52. The summed E-state index contributed by atoms with van der Waals surface area (Å²) in [5, 5.41) is 16.3. The minimum atomic E-state index is 0.587. The molecule has 21 heavy (non-hydrogen) atoms. The number of nitrogens with one attached hydrogen (secondary N) is 1. The molecular weight excluding hydrogens is 286 g/mol. The van der Waals surface area contributed by atoms with Gasteiger partial charge in [0.15, 0.2) is 0 Å². The van der Waals surface area contributed by atoms with Crippen LogP contribution in [0.25, 0.3) is 5.69 Å². The number of hydrogen-bond acceptors (Lipinski definition) is 6. The summed E-state index contributed by atoms with van der Waals surface area (Å²) in [7, 11) is 0. The van der Waals surface area contributed by atoms with E-state index in [9.17, 15) is 0 Å². The summed E-state index contributed by atoms with van der Waals surface area (Å²) in [5.74, 6) is 0.949. The second-order valence-corrected chi connectivity index (χ2v) is 5.96. The van der Waals surface area contributed by atoms with Gasteiger partial charge < -0.3 is 10.1 Å². The largest absolute Gasteiger partial charge is 0.381 e. The number of aromatic nitrogens is 4. The fourth-order valence-corrected chi connectivity index (χ4v) is 3.07. The van der Waals surface area contributed by atoms with Crippen LogP contribution in [-0.4, -0.2) is 51.8 Å². The van der Waals surface area contributed by atoms with Crippen LogP contribution in [0.5, 0.6) is 0 Å². The van der Waals surface area contributed by atoms with E-state index in [0.29, 0.717) is 6.04 Å². The summed E-state index contributed by atoms with van der Waals surface area (Å²) in [6.07, 6.45) is 2.21. The van der Waals surface area contributed by atoms with E-state index in [-0.39, 0.29) is 0 Å². The van der Waals surface area contributed by atoms with Crippen LogP contribution >= 0.6 is 11.8 Å². The highest BCUT2D eigenvalue weighted by atomic mass is 32.2. The highest BCUT2D eigenvalue weighted by Crippen LogP contribution is 2.17. The number of nitrogens with zero attached hydrogens (tertiary/aromatic N) is 4. The first-order valence-electron chi connectivity index (χ1n) is 7.21. The van der Waals surface area contributed by atoms with Gasteiger partial charge >= 0.3 is 0 Å². The molecule has 0 radical (unpaired) electrons. The summed E-state index contributed by atoms with van der Waals surface area (Å²) in [5.41, 5.74) is 0.988. The average Bonchev–Trinajstić information content (AvgIpc) is 3.02. The fourth-order valence-electron chi connectivity index (χ4n) is 2.31. The third-order valence-corrected chi connectivity index (χ3v) is 4.35. The van der Waals surface area contributed by atoms with Gasteiger partial charge in [0.1, 0.15) is 0 Å². The van der Waals surface area contributed by atoms with E-state index in [0.717, 1.165) is 49.2 Å². The Hall–Kier alpha value is -1.44. The molecule has 0 amide bonds. The van der Waals surface area contributed by atoms with E-state index in [4.69, 9.17) is 4.74 Å². The van der Waals surface area contributed by atoms with Crippen LogP contribution in [0.3, 0.4) is 0 Å². The Morgan fingerprint density at radius 1 is 1.24 bits per heavy atom. The van der Waals surface area contributed by atoms with Crippen LogP contribution in [0, 0.1) is 0 Å². The van der Waals surface area contributed by atoms with Crippen LogP contribution in [0.15, 0.2) is 35.5 Å². The van der Waals surface area contributed by atoms with Crippen LogP contribution in [-0.2, 0) is 4.74 Å². The molecule has 6 nitrogen and oxygen atoms in total. The molecule has 1 saturated heterocycles. The highest BCUT2D eigenvalue weighted by Gasteiger charge is 2.13. The molecule has 0 bridgehead atoms. The van der Waals surface area contributed by atoms with Gasteiger partial charge in [0.25, 0.3) is 0 Å². The smallest absolute Gasteiger partial charge is 0.214 e. The molecule has 112 valence electrons. The van der Waals surface area contributed by atoms with Crippen molar-refractivity contribution in [3.63, 3.8) is 0 Å². The van der Waals surface area contributed by atoms with Crippen molar-refractivity contribution in [1.82, 2.24) is 25.5 Å². The maximum atomic E-state index is 5.35. The molecule has 3 rings (SSSR count). The van der Waals surface area contributed by atoms with Crippen molar-refractivity contribution in [3.05, 3.63) is 30.3 Å². The van der Waals surface area contributed by atoms with E-state index in [2.05, 4.69) is 20.8 Å². The molecule has 0 aliphatic carbocycles. The number of rotatable bonds is 6. The van der Waals surface area contributed by atoms with Crippen LogP contribution in [0.4, 0.5) is 0 Å². The Bertz CT molecular complexity index is 541. The molecule has 1 aliphatic rings. The van der Waals surface area contributed by atoms with Gasteiger partial charge in [0.05, 0.1) is 5.69 Å². The average molecular weight is 305 g/mol. The Labute approximate surface area is 128 Å². The molecule has 2 heterocycles. The maximum absolute atomic E-state index is 5.35. The zero-order valence-corrected chi connectivity index (χ0v) is 12.6. The zero-order chi connectivity index (χ0) is 14.3. The van der Waals surface area contributed by atoms with Crippen molar-refractivity contribution in [2.45, 2.75) is 24.0 Å². The molecule has 1 aromatic carbocycles. The van der Waals surface area contributed by atoms with Crippen molar-refractivity contribution in [2.75, 3.05) is 25.5 Å². The molecule has 7 heteroatoms. The SMILES string of the molecule is c1ccc(-n2nnnc2SCCNC2CCOCC2)cc1. The lowest BCUT2D eigenvalue weighted by Gasteiger charge is -2.22. The Morgan fingerprint density at radius 2 is 2.05 bits per heavy atom. The Balaban J connectivity index is 1.49. The maximum Gasteiger partial charge on any atom is 0.214 e. The van der Waals surface area contributed by atoms with Gasteiger partial charge in [-0.15, -0.1) is 5.10 Å². The molecule has 1 aliphatic heterocycles. The second-order valence-electron chi connectivity index (χ2n) is 4.90. The summed E-state index contributed by atoms with van der Waals surface area (Å²) >= 11 is 1.67. The van der Waals surface area contributed by atoms with Gasteiger partial charge in [-0.05, 0) is 35.4 Å². The van der Waals surface area contributed by atoms with Crippen molar-refractivity contribution >= 4 is 11.8 Å². The van der Waals surface area contributed by atoms with Crippen LogP contribution in [0.1, 0.15) is 12.8 Å². The zero-order valence-electron chi connectivity index (χ0n) is 11.8. The Kier molecular flexibility index (Phi) is 5.20. The summed E-state index contributed by atoms with van der Waals surface area (Å²) in [6.45, 7) is 2.70. The molecule has 0 unspecified atom stereocenters. The van der Waals surface area contributed by atoms with E-state index >= 15 is 0 Å². The van der Waals surface area contributed by atoms with Gasteiger partial charge in [-0.2, -0.15) is 4.68 Å². The van der Waals surface area contributed by atoms with Crippen molar-refractivity contribution in [1.29, 1.82) is 0 Å². The van der Waals surface area contributed by atoms with Gasteiger partial charge in [-0.3, -0.25) is 0 Å². The molecule has 1 aromatic heterocycles. The quantitative estimate of drug-likeness (QED) is 0.645. The first kappa shape index (κ1) is 14.5. The summed E-state index contributed by atoms with van der Waals surface area (Å²) in [4.78, 5) is 0. The normalized spacial score (nSPS) is 16.2. The van der Waals surface area contributed by atoms with Crippen molar-refractivity contribution < 1.29 is 4.74 Å². The van der Waals surface area contributed by atoms with Gasteiger partial charge in [0.2, 0.25) is 5.16 Å². The number of benzene rings is 1. The third kappa shape index (κ3) is 4.03. The molecule has 1 fully saturated rings. The lowest BCUT2D eigenvalue weighted by atomic mass is 10.1. The minimum Gasteiger partial charge on any atom is -0.381 e. The van der Waals surface area contributed by atoms with E-state index in [1.807, 2.05) is 30.3 Å². The van der Waals surface area contributed by atoms with E-state index in [1.54, 1.807) is 16.4 Å². The van der Waals surface area contributed by atoms with Crippen LogP contribution in [0.2, 0.25) is 0 Å². The lowest BCUT2D eigenvalue weighted by molar-refractivity contribution is 0.0786. The first-order valence-corrected chi connectivity index (χ1v) is 8.20. The van der Waals surface area contributed by atoms with E-state index in [1.165, 1.54) is 0 Å². The van der Waals surface area contributed by atoms with Crippen LogP contribution < -0.4 is 5.32 Å². The van der Waals surface area contributed by atoms with Gasteiger partial charge in [-0.25, -0.2) is 0 Å². The molecule has 0 atom stereocenters. The molecule has 0 spiro atoms. The second kappa shape index (κ2) is 7.53. The summed E-state index contributed by atoms with van der Waals surface area (Å²) in [6, 6.07) is 10.5. The molecular formula is C14H19N5OS. The first-order chi connectivity index (χ1) is 10.4. The summed E-state index contributed by atoms with van der Waals surface area (Å²) < 4.78 is 7.13. The predicted molar refractivity (Wildman–Crippen MR) is 81.7 cm³/mol. The molecule has 2 aromatic rings. The number of tetrazole rings is 1. The van der Waals surface area contributed by atoms with Crippen molar-refractivity contribution in [2.24, 2.45) is 0 Å². The fraction of sp³-hybridized carbons (Fsp3) is 0.500. The van der Waals surface area contributed by atoms with E-state index < -0.39 is 0 Å². The highest BCUT2D eigenvalue weighted by molar-refractivity contribution is 7.99. The number of ether oxygens (including phenoxy) is 1. The molecule has 0 saturated carbocycles. The lowest BCUT2D eigenvalue weighted by Crippen LogP contribution is -2.36. The minimum absolute atomic E-state index is 0.587. The van der Waals surface area contributed by atoms with Crippen molar-refractivity contribution in [3.8, 4) is 5.69 Å². The third-order valence-electron chi connectivity index (χ3n) is 3.43. The van der Waals surface area contributed by atoms with Gasteiger partial charge in [-0.1, -0.05) is 30.0 Å². The monoisotopic (exact) mass is 305 g/mol. The topological polar surface area (TPSA) is 64.9 Å². The van der Waals surface area contributed by atoms with Gasteiger partial charge in [0, 0.05) is 31.6 Å². The number of thioether (sulfide) groups is 1. The number of para-hydroxylation sites is 1. The standard InChI is InChI=1S/C14H19N5OS/c1-2-4-13(5-3-1)19-14(16-17-18-19)21-11-8-15-12-6-9-20-10-7-12/h1-5,12,15H,6-11H2. The molecule has 1 N–H and O–H groups in total.